The van der Waals surface area contributed by atoms with Crippen LogP contribution in [-0.4, -0.2) is 36.0 Å². The summed E-state index contributed by atoms with van der Waals surface area (Å²) in [5, 5.41) is 17.0. The normalized spacial score (nSPS) is 16.0. The van der Waals surface area contributed by atoms with Gasteiger partial charge >= 0.3 is 0 Å². The van der Waals surface area contributed by atoms with Crippen LogP contribution in [0.2, 0.25) is 0 Å². The number of hydrogen-bond donors (Lipinski definition) is 3. The molecule has 8 heteroatoms. The van der Waals surface area contributed by atoms with Gasteiger partial charge in [0.05, 0.1) is 17.0 Å². The van der Waals surface area contributed by atoms with Crippen LogP contribution >= 0.6 is 11.3 Å². The van der Waals surface area contributed by atoms with Crippen molar-refractivity contribution >= 4 is 23.5 Å². The van der Waals surface area contributed by atoms with Gasteiger partial charge < -0.3 is 15.7 Å². The highest BCUT2D eigenvalue weighted by Gasteiger charge is 2.44. The molecular formula is C26H26F2N2O3S. The third-order valence-electron chi connectivity index (χ3n) is 6.07. The molecule has 2 atom stereocenters. The summed E-state index contributed by atoms with van der Waals surface area (Å²) in [4.78, 5) is 24.4. The fraction of sp³-hybridized carbons (Fsp3) is 0.308. The first-order valence-corrected chi connectivity index (χ1v) is 11.9. The van der Waals surface area contributed by atoms with Crippen LogP contribution in [0.1, 0.15) is 40.6 Å². The SMILES string of the molecule is CC(=O)N[C@@H](Cc1cc(F)cc(F)c1)[C@@H](O)CNC1(c2cccc(-c3ccc(C=O)s3)c2)CC1. The first-order chi connectivity index (χ1) is 16.3. The van der Waals surface area contributed by atoms with Crippen LogP contribution in [0.4, 0.5) is 8.78 Å². The Balaban J connectivity index is 1.46. The molecule has 5 nitrogen and oxygen atoms in total. The smallest absolute Gasteiger partial charge is 0.217 e. The van der Waals surface area contributed by atoms with Crippen LogP contribution in [0.5, 0.6) is 0 Å². The molecule has 4 rings (SSSR count). The van der Waals surface area contributed by atoms with Gasteiger partial charge in [-0.2, -0.15) is 0 Å². The lowest BCUT2D eigenvalue weighted by molar-refractivity contribution is -0.120. The zero-order valence-corrected chi connectivity index (χ0v) is 19.5. The molecule has 1 aliphatic carbocycles. The van der Waals surface area contributed by atoms with Crippen LogP contribution in [0.3, 0.4) is 0 Å². The second-order valence-corrected chi connectivity index (χ2v) is 9.84. The average molecular weight is 485 g/mol. The van der Waals surface area contributed by atoms with Gasteiger partial charge in [0, 0.05) is 30.0 Å². The van der Waals surface area contributed by atoms with E-state index in [2.05, 4.69) is 16.7 Å². The van der Waals surface area contributed by atoms with Crippen LogP contribution < -0.4 is 10.6 Å². The monoisotopic (exact) mass is 484 g/mol. The molecule has 2 aromatic carbocycles. The standard InChI is InChI=1S/C26H26F2N2O3S/c1-16(32)30-23(11-17-9-20(27)13-21(28)10-17)24(33)14-29-26(7-8-26)19-4-2-3-18(12-19)25-6-5-22(15-31)34-25/h2-6,9-10,12-13,15,23-24,29,33H,7-8,11,14H2,1H3,(H,30,32)/t23-,24-/m0/s1. The van der Waals surface area contributed by atoms with E-state index in [0.29, 0.717) is 10.4 Å². The second-order valence-electron chi connectivity index (χ2n) is 8.72. The lowest BCUT2D eigenvalue weighted by Crippen LogP contribution is -2.49. The van der Waals surface area contributed by atoms with E-state index in [0.717, 1.165) is 41.2 Å². The molecule has 1 amide bonds. The molecule has 0 radical (unpaired) electrons. The number of amides is 1. The maximum absolute atomic E-state index is 13.6. The topological polar surface area (TPSA) is 78.4 Å². The number of carbonyl (C=O) groups excluding carboxylic acids is 2. The minimum Gasteiger partial charge on any atom is -0.390 e. The van der Waals surface area contributed by atoms with Gasteiger partial charge in [0.25, 0.3) is 0 Å². The molecule has 0 saturated heterocycles. The molecule has 1 saturated carbocycles. The minimum absolute atomic E-state index is 0.0943. The van der Waals surface area contributed by atoms with Gasteiger partial charge in [0.15, 0.2) is 6.29 Å². The number of halogens is 2. The number of carbonyl (C=O) groups is 2. The lowest BCUT2D eigenvalue weighted by atomic mass is 9.98. The maximum Gasteiger partial charge on any atom is 0.217 e. The van der Waals surface area contributed by atoms with E-state index in [1.807, 2.05) is 24.3 Å². The van der Waals surface area contributed by atoms with E-state index in [9.17, 15) is 23.5 Å². The molecule has 3 aromatic rings. The summed E-state index contributed by atoms with van der Waals surface area (Å²) in [5.74, 6) is -1.74. The summed E-state index contributed by atoms with van der Waals surface area (Å²) in [6.45, 7) is 1.54. The minimum atomic E-state index is -0.969. The molecule has 0 bridgehead atoms. The predicted molar refractivity (Wildman–Crippen MR) is 128 cm³/mol. The van der Waals surface area contributed by atoms with Gasteiger partial charge in [-0.15, -0.1) is 11.3 Å². The Labute approximate surface area is 200 Å². The fourth-order valence-electron chi connectivity index (χ4n) is 4.20. The van der Waals surface area contributed by atoms with Crippen LogP contribution in [0.25, 0.3) is 10.4 Å². The summed E-state index contributed by atoms with van der Waals surface area (Å²) in [6, 6.07) is 14.3. The van der Waals surface area contributed by atoms with Gasteiger partial charge in [0.2, 0.25) is 5.91 Å². The number of thiophene rings is 1. The van der Waals surface area contributed by atoms with Crippen molar-refractivity contribution < 1.29 is 23.5 Å². The van der Waals surface area contributed by atoms with Gasteiger partial charge in [-0.1, -0.05) is 18.2 Å². The summed E-state index contributed by atoms with van der Waals surface area (Å²) < 4.78 is 27.2. The highest BCUT2D eigenvalue weighted by Crippen LogP contribution is 2.46. The summed E-state index contributed by atoms with van der Waals surface area (Å²) in [5.41, 5.74) is 2.18. The van der Waals surface area contributed by atoms with Gasteiger partial charge in [-0.05, 0) is 66.3 Å². The van der Waals surface area contributed by atoms with E-state index in [1.54, 1.807) is 6.07 Å². The number of aliphatic hydroxyl groups excluding tert-OH is 1. The summed E-state index contributed by atoms with van der Waals surface area (Å²) >= 11 is 1.43. The van der Waals surface area contributed by atoms with E-state index in [4.69, 9.17) is 0 Å². The molecule has 3 N–H and O–H groups in total. The van der Waals surface area contributed by atoms with Crippen molar-refractivity contribution in [2.24, 2.45) is 0 Å². The van der Waals surface area contributed by atoms with Crippen LogP contribution in [-0.2, 0) is 16.8 Å². The number of rotatable bonds is 10. The highest BCUT2D eigenvalue weighted by molar-refractivity contribution is 7.17. The highest BCUT2D eigenvalue weighted by atomic mass is 32.1. The number of nitrogens with one attached hydrogen (secondary N) is 2. The number of hydrogen-bond acceptors (Lipinski definition) is 5. The molecule has 0 spiro atoms. The van der Waals surface area contributed by atoms with Crippen molar-refractivity contribution in [3.63, 3.8) is 0 Å². The van der Waals surface area contributed by atoms with E-state index >= 15 is 0 Å². The van der Waals surface area contributed by atoms with Crippen molar-refractivity contribution in [3.05, 3.63) is 82.2 Å². The van der Waals surface area contributed by atoms with Gasteiger partial charge in [-0.25, -0.2) is 8.78 Å². The Bertz CT molecular complexity index is 1170. The Morgan fingerprint density at radius 1 is 1.15 bits per heavy atom. The molecular weight excluding hydrogens is 458 g/mol. The lowest BCUT2D eigenvalue weighted by Gasteiger charge is -2.27. The third-order valence-corrected chi connectivity index (χ3v) is 7.13. The molecule has 1 aliphatic rings. The molecule has 0 unspecified atom stereocenters. The molecule has 34 heavy (non-hydrogen) atoms. The molecule has 178 valence electrons. The molecule has 1 heterocycles. The predicted octanol–water partition coefficient (Wildman–Crippen LogP) is 4.19. The van der Waals surface area contributed by atoms with E-state index in [-0.39, 0.29) is 24.4 Å². The molecule has 1 aromatic heterocycles. The van der Waals surface area contributed by atoms with Gasteiger partial charge in [0.1, 0.15) is 11.6 Å². The first kappa shape index (κ1) is 24.2. The Kier molecular flexibility index (Phi) is 7.21. The van der Waals surface area contributed by atoms with Crippen LogP contribution in [0, 0.1) is 11.6 Å². The van der Waals surface area contributed by atoms with E-state index in [1.165, 1.54) is 30.4 Å². The van der Waals surface area contributed by atoms with E-state index < -0.39 is 23.8 Å². The summed E-state index contributed by atoms with van der Waals surface area (Å²) in [7, 11) is 0. The second kappa shape index (κ2) is 10.1. The number of aldehydes is 1. The Morgan fingerprint density at radius 3 is 2.50 bits per heavy atom. The largest absolute Gasteiger partial charge is 0.390 e. The zero-order chi connectivity index (χ0) is 24.3. The van der Waals surface area contributed by atoms with Crippen molar-refractivity contribution in [1.82, 2.24) is 10.6 Å². The van der Waals surface area contributed by atoms with Crippen LogP contribution in [0.15, 0.2) is 54.6 Å². The average Bonchev–Trinajstić information content (AvgIpc) is 3.43. The fourth-order valence-corrected chi connectivity index (χ4v) is 5.02. The molecule has 1 fully saturated rings. The van der Waals surface area contributed by atoms with Crippen molar-refractivity contribution in [2.45, 2.75) is 43.9 Å². The first-order valence-electron chi connectivity index (χ1n) is 11.1. The van der Waals surface area contributed by atoms with Crippen molar-refractivity contribution in [1.29, 1.82) is 0 Å². The maximum atomic E-state index is 13.6. The number of aliphatic hydroxyl groups is 1. The zero-order valence-electron chi connectivity index (χ0n) is 18.7. The number of benzene rings is 2. The van der Waals surface area contributed by atoms with Gasteiger partial charge in [-0.3, -0.25) is 9.59 Å². The Hall–Kier alpha value is -2.94. The summed E-state index contributed by atoms with van der Waals surface area (Å²) in [6.07, 6.45) is 1.76. The third kappa shape index (κ3) is 5.75. The Morgan fingerprint density at radius 2 is 1.88 bits per heavy atom. The van der Waals surface area contributed by atoms with Crippen molar-refractivity contribution in [3.8, 4) is 10.4 Å². The molecule has 0 aliphatic heterocycles. The quantitative estimate of drug-likeness (QED) is 0.377. The van der Waals surface area contributed by atoms with Crippen molar-refractivity contribution in [2.75, 3.05) is 6.54 Å².